The van der Waals surface area contributed by atoms with Crippen LogP contribution in [0.15, 0.2) is 17.5 Å². The van der Waals surface area contributed by atoms with E-state index < -0.39 is 0 Å². The van der Waals surface area contributed by atoms with Gasteiger partial charge in [0.25, 0.3) is 0 Å². The third kappa shape index (κ3) is 1.10. The summed E-state index contributed by atoms with van der Waals surface area (Å²) in [5.74, 6) is 0.964. The van der Waals surface area contributed by atoms with Gasteiger partial charge in [-0.1, -0.05) is 6.07 Å². The van der Waals surface area contributed by atoms with Crippen molar-refractivity contribution < 1.29 is 0 Å². The number of rotatable bonds is 2. The molecule has 1 saturated heterocycles. The largest absolute Gasteiger partial charge is 0.313 e. The molecule has 2 heterocycles. The summed E-state index contributed by atoms with van der Waals surface area (Å²) < 4.78 is 0. The minimum Gasteiger partial charge on any atom is -0.313 e. The lowest BCUT2D eigenvalue weighted by molar-refractivity contribution is 0.344. The fourth-order valence-corrected chi connectivity index (χ4v) is 4.26. The first kappa shape index (κ1) is 8.93. The van der Waals surface area contributed by atoms with Crippen LogP contribution in [-0.2, 0) is 5.41 Å². The van der Waals surface area contributed by atoms with Crippen LogP contribution in [0.2, 0.25) is 0 Å². The molecule has 1 N–H and O–H groups in total. The second-order valence-electron chi connectivity index (χ2n) is 4.72. The van der Waals surface area contributed by atoms with Crippen LogP contribution in [0.4, 0.5) is 0 Å². The zero-order chi connectivity index (χ0) is 9.60. The Hall–Kier alpha value is -0.340. The monoisotopic (exact) mass is 207 g/mol. The molecule has 2 aliphatic rings. The standard InChI is InChI=1S/C12H17NS/c1-9-12(6-7-13-9,10-4-5-10)11-3-2-8-14-11/h2-3,8-10,13H,4-7H2,1H3. The van der Waals surface area contributed by atoms with Gasteiger partial charge in [0, 0.05) is 16.3 Å². The maximum Gasteiger partial charge on any atom is 0.0238 e. The highest BCUT2D eigenvalue weighted by molar-refractivity contribution is 7.10. The summed E-state index contributed by atoms with van der Waals surface area (Å²) >= 11 is 1.95. The second kappa shape index (κ2) is 3.07. The van der Waals surface area contributed by atoms with E-state index in [0.717, 1.165) is 5.92 Å². The average molecular weight is 207 g/mol. The van der Waals surface area contributed by atoms with Crippen LogP contribution in [0.3, 0.4) is 0 Å². The maximum absolute atomic E-state index is 3.63. The van der Waals surface area contributed by atoms with Crippen LogP contribution in [-0.4, -0.2) is 12.6 Å². The summed E-state index contributed by atoms with van der Waals surface area (Å²) in [7, 11) is 0. The van der Waals surface area contributed by atoms with E-state index in [4.69, 9.17) is 0 Å². The van der Waals surface area contributed by atoms with Crippen LogP contribution < -0.4 is 5.32 Å². The summed E-state index contributed by atoms with van der Waals surface area (Å²) in [6.07, 6.45) is 4.24. The fraction of sp³-hybridized carbons (Fsp3) is 0.667. The molecule has 1 nitrogen and oxygen atoms in total. The molecule has 3 rings (SSSR count). The van der Waals surface area contributed by atoms with Crippen molar-refractivity contribution in [3.63, 3.8) is 0 Å². The first-order valence-electron chi connectivity index (χ1n) is 5.61. The van der Waals surface area contributed by atoms with Gasteiger partial charge in [0.1, 0.15) is 0 Å². The highest BCUT2D eigenvalue weighted by Crippen LogP contribution is 2.54. The third-order valence-electron chi connectivity index (χ3n) is 4.05. The Morgan fingerprint density at radius 1 is 1.50 bits per heavy atom. The van der Waals surface area contributed by atoms with Gasteiger partial charge in [-0.2, -0.15) is 0 Å². The molecular weight excluding hydrogens is 190 g/mol. The van der Waals surface area contributed by atoms with Crippen molar-refractivity contribution in [1.82, 2.24) is 5.32 Å². The van der Waals surface area contributed by atoms with E-state index in [-0.39, 0.29) is 0 Å². The summed E-state index contributed by atoms with van der Waals surface area (Å²) in [5.41, 5.74) is 0.494. The molecule has 0 aromatic carbocycles. The SMILES string of the molecule is CC1NCCC1(c1cccs1)C1CC1. The van der Waals surface area contributed by atoms with Gasteiger partial charge in [-0.05, 0) is 50.1 Å². The van der Waals surface area contributed by atoms with Gasteiger partial charge < -0.3 is 5.32 Å². The Bertz CT molecular complexity index is 315. The quantitative estimate of drug-likeness (QED) is 0.786. The minimum absolute atomic E-state index is 0.494. The fourth-order valence-electron chi connectivity index (χ4n) is 3.13. The second-order valence-corrected chi connectivity index (χ2v) is 5.67. The molecule has 76 valence electrons. The molecule has 2 unspecified atom stereocenters. The van der Waals surface area contributed by atoms with E-state index in [1.165, 1.54) is 25.8 Å². The van der Waals surface area contributed by atoms with Crippen LogP contribution in [0.5, 0.6) is 0 Å². The summed E-state index contributed by atoms with van der Waals surface area (Å²) in [4.78, 5) is 1.62. The molecule has 1 aromatic rings. The third-order valence-corrected chi connectivity index (χ3v) is 5.11. The van der Waals surface area contributed by atoms with Gasteiger partial charge in [-0.25, -0.2) is 0 Å². The molecule has 0 spiro atoms. The smallest absolute Gasteiger partial charge is 0.0238 e. The summed E-state index contributed by atoms with van der Waals surface area (Å²) in [6.45, 7) is 3.57. The molecule has 0 amide bonds. The highest BCUT2D eigenvalue weighted by Gasteiger charge is 2.52. The van der Waals surface area contributed by atoms with Gasteiger partial charge in [-0.15, -0.1) is 11.3 Å². The van der Waals surface area contributed by atoms with Crippen LogP contribution in [0.1, 0.15) is 31.1 Å². The van der Waals surface area contributed by atoms with Gasteiger partial charge in [0.2, 0.25) is 0 Å². The predicted octanol–water partition coefficient (Wildman–Crippen LogP) is 2.78. The Kier molecular flexibility index (Phi) is 1.96. The minimum atomic E-state index is 0.494. The molecule has 14 heavy (non-hydrogen) atoms. The first-order valence-corrected chi connectivity index (χ1v) is 6.49. The first-order chi connectivity index (χ1) is 6.84. The van der Waals surface area contributed by atoms with Crippen molar-refractivity contribution in [1.29, 1.82) is 0 Å². The molecule has 1 aromatic heterocycles. The summed E-state index contributed by atoms with van der Waals surface area (Å²) in [6, 6.07) is 5.22. The van der Waals surface area contributed by atoms with Crippen molar-refractivity contribution in [3.8, 4) is 0 Å². The topological polar surface area (TPSA) is 12.0 Å². The highest BCUT2D eigenvalue weighted by atomic mass is 32.1. The average Bonchev–Trinajstić information content (AvgIpc) is 2.76. The molecule has 1 aliphatic heterocycles. The molecule has 2 atom stereocenters. The van der Waals surface area contributed by atoms with Crippen molar-refractivity contribution in [3.05, 3.63) is 22.4 Å². The van der Waals surface area contributed by atoms with Crippen molar-refractivity contribution >= 4 is 11.3 Å². The number of nitrogens with one attached hydrogen (secondary N) is 1. The molecule has 2 heteroatoms. The lowest BCUT2D eigenvalue weighted by Crippen LogP contribution is -2.39. The normalized spacial score (nSPS) is 37.6. The summed E-state index contributed by atoms with van der Waals surface area (Å²) in [5, 5.41) is 5.85. The van der Waals surface area contributed by atoms with Gasteiger partial charge in [-0.3, -0.25) is 0 Å². The van der Waals surface area contributed by atoms with E-state index in [1.807, 2.05) is 11.3 Å². The lowest BCUT2D eigenvalue weighted by atomic mass is 9.75. The number of hydrogen-bond donors (Lipinski definition) is 1. The van der Waals surface area contributed by atoms with Crippen LogP contribution >= 0.6 is 11.3 Å². The molecular formula is C12H17NS. The molecule has 2 fully saturated rings. The van der Waals surface area contributed by atoms with Gasteiger partial charge in [0.15, 0.2) is 0 Å². The van der Waals surface area contributed by atoms with E-state index in [9.17, 15) is 0 Å². The molecule has 1 aliphatic carbocycles. The Morgan fingerprint density at radius 2 is 2.36 bits per heavy atom. The van der Waals surface area contributed by atoms with E-state index >= 15 is 0 Å². The number of thiophene rings is 1. The van der Waals surface area contributed by atoms with Gasteiger partial charge in [0.05, 0.1) is 0 Å². The Labute approximate surface area is 89.5 Å². The maximum atomic E-state index is 3.63. The molecule has 0 radical (unpaired) electrons. The molecule has 0 bridgehead atoms. The molecule has 1 saturated carbocycles. The van der Waals surface area contributed by atoms with Crippen molar-refractivity contribution in [2.24, 2.45) is 5.92 Å². The zero-order valence-corrected chi connectivity index (χ0v) is 9.44. The Balaban J connectivity index is 2.03. The predicted molar refractivity (Wildman–Crippen MR) is 60.8 cm³/mol. The van der Waals surface area contributed by atoms with E-state index in [1.54, 1.807) is 4.88 Å². The number of hydrogen-bond acceptors (Lipinski definition) is 2. The lowest BCUT2D eigenvalue weighted by Gasteiger charge is -2.32. The van der Waals surface area contributed by atoms with Gasteiger partial charge >= 0.3 is 0 Å². The van der Waals surface area contributed by atoms with Crippen molar-refractivity contribution in [2.75, 3.05) is 6.54 Å². The zero-order valence-electron chi connectivity index (χ0n) is 8.62. The van der Waals surface area contributed by atoms with E-state index in [2.05, 4.69) is 29.8 Å². The van der Waals surface area contributed by atoms with Crippen LogP contribution in [0, 0.1) is 5.92 Å². The Morgan fingerprint density at radius 3 is 2.86 bits per heavy atom. The van der Waals surface area contributed by atoms with Crippen molar-refractivity contribution in [2.45, 2.75) is 37.6 Å². The van der Waals surface area contributed by atoms with Crippen LogP contribution in [0.25, 0.3) is 0 Å². The van der Waals surface area contributed by atoms with E-state index in [0.29, 0.717) is 11.5 Å².